The average molecular weight is 310 g/mol. The first-order valence-corrected chi connectivity index (χ1v) is 9.23. The number of sulfonamides is 1. The minimum absolute atomic E-state index is 0.0285. The fourth-order valence-electron chi connectivity index (χ4n) is 2.88. The summed E-state index contributed by atoms with van der Waals surface area (Å²) in [5, 5.41) is 0. The van der Waals surface area contributed by atoms with Crippen LogP contribution < -0.4 is 10.5 Å². The van der Waals surface area contributed by atoms with Gasteiger partial charge in [-0.15, -0.1) is 0 Å². The van der Waals surface area contributed by atoms with Crippen LogP contribution in [0.1, 0.15) is 50.7 Å². The molecule has 118 valence electrons. The number of hydrogen-bond acceptors (Lipinski definition) is 3. The molecule has 21 heavy (non-hydrogen) atoms. The van der Waals surface area contributed by atoms with Crippen molar-refractivity contribution in [3.05, 3.63) is 35.4 Å². The lowest BCUT2D eigenvalue weighted by Gasteiger charge is -2.34. The van der Waals surface area contributed by atoms with Gasteiger partial charge in [-0.05, 0) is 42.2 Å². The zero-order valence-electron chi connectivity index (χ0n) is 12.9. The summed E-state index contributed by atoms with van der Waals surface area (Å²) in [6, 6.07) is 7.55. The molecule has 1 aliphatic rings. The zero-order valence-corrected chi connectivity index (χ0v) is 13.7. The smallest absolute Gasteiger partial charge is 0.216 e. The molecule has 4 nitrogen and oxygen atoms in total. The van der Waals surface area contributed by atoms with Crippen molar-refractivity contribution < 1.29 is 8.42 Å². The molecule has 0 bridgehead atoms. The third-order valence-corrected chi connectivity index (χ3v) is 5.67. The van der Waals surface area contributed by atoms with Crippen LogP contribution in [0.5, 0.6) is 0 Å². The van der Waals surface area contributed by atoms with Crippen LogP contribution >= 0.6 is 0 Å². The summed E-state index contributed by atoms with van der Waals surface area (Å²) in [5.74, 6) is 0.0285. The van der Waals surface area contributed by atoms with Crippen LogP contribution in [0.15, 0.2) is 24.3 Å². The van der Waals surface area contributed by atoms with Crippen molar-refractivity contribution in [3.8, 4) is 0 Å². The Kier molecular flexibility index (Phi) is 5.07. The molecular formula is C16H26N2O2S. The van der Waals surface area contributed by atoms with Crippen molar-refractivity contribution in [2.45, 2.75) is 57.9 Å². The lowest BCUT2D eigenvalue weighted by molar-refractivity contribution is 0.218. The first-order chi connectivity index (χ1) is 9.80. The molecule has 0 radical (unpaired) electrons. The van der Waals surface area contributed by atoms with E-state index in [9.17, 15) is 8.42 Å². The Hall–Kier alpha value is -0.910. The summed E-state index contributed by atoms with van der Waals surface area (Å²) >= 11 is 0. The molecule has 1 aliphatic carbocycles. The number of rotatable bonds is 5. The van der Waals surface area contributed by atoms with Gasteiger partial charge in [0.1, 0.15) is 0 Å². The van der Waals surface area contributed by atoms with Crippen molar-refractivity contribution in [1.82, 2.24) is 4.72 Å². The molecule has 1 aromatic carbocycles. The summed E-state index contributed by atoms with van der Waals surface area (Å²) in [7, 11) is -3.29. The normalized spacial score (nSPS) is 19.6. The van der Waals surface area contributed by atoms with Gasteiger partial charge in [0.25, 0.3) is 0 Å². The van der Waals surface area contributed by atoms with Crippen LogP contribution in [0.25, 0.3) is 0 Å². The summed E-state index contributed by atoms with van der Waals surface area (Å²) in [4.78, 5) is 0. The molecule has 0 atom stereocenters. The Morgan fingerprint density at radius 2 is 1.86 bits per heavy atom. The van der Waals surface area contributed by atoms with Crippen LogP contribution in [-0.4, -0.2) is 14.5 Å². The average Bonchev–Trinajstić information content (AvgIpc) is 2.41. The maximum Gasteiger partial charge on any atom is 0.216 e. The highest BCUT2D eigenvalue weighted by Crippen LogP contribution is 2.35. The first-order valence-electron chi connectivity index (χ1n) is 7.58. The maximum absolute atomic E-state index is 12.3. The zero-order chi connectivity index (χ0) is 15.5. The van der Waals surface area contributed by atoms with Crippen molar-refractivity contribution in [2.24, 2.45) is 11.1 Å². The van der Waals surface area contributed by atoms with Gasteiger partial charge in [0.2, 0.25) is 10.0 Å². The van der Waals surface area contributed by atoms with Crippen molar-refractivity contribution in [3.63, 3.8) is 0 Å². The highest BCUT2D eigenvalue weighted by molar-refractivity contribution is 7.88. The molecular weight excluding hydrogens is 284 g/mol. The fraction of sp³-hybridized carbons (Fsp3) is 0.625. The second kappa shape index (κ2) is 6.46. The van der Waals surface area contributed by atoms with Gasteiger partial charge in [-0.3, -0.25) is 0 Å². The Labute approximate surface area is 128 Å². The predicted molar refractivity (Wildman–Crippen MR) is 86.1 cm³/mol. The van der Waals surface area contributed by atoms with E-state index in [0.29, 0.717) is 12.0 Å². The number of nitrogens with two attached hydrogens (primary N) is 1. The summed E-state index contributed by atoms with van der Waals surface area (Å²) in [6.07, 6.45) is 4.00. The van der Waals surface area contributed by atoms with Gasteiger partial charge in [-0.25, -0.2) is 13.1 Å². The summed E-state index contributed by atoms with van der Waals surface area (Å²) in [5.41, 5.74) is 7.69. The van der Waals surface area contributed by atoms with E-state index in [2.05, 4.69) is 18.6 Å². The topological polar surface area (TPSA) is 72.2 Å². The van der Waals surface area contributed by atoms with Gasteiger partial charge in [-0.1, -0.05) is 38.1 Å². The van der Waals surface area contributed by atoms with Crippen LogP contribution in [0, 0.1) is 5.41 Å². The number of hydrogen-bond donors (Lipinski definition) is 2. The van der Waals surface area contributed by atoms with Crippen molar-refractivity contribution in [2.75, 3.05) is 0 Å². The van der Waals surface area contributed by atoms with E-state index in [4.69, 9.17) is 5.73 Å². The Bertz CT molecular complexity index is 572. The third kappa shape index (κ3) is 5.09. The molecule has 0 heterocycles. The monoisotopic (exact) mass is 310 g/mol. The minimum Gasteiger partial charge on any atom is -0.326 e. The second-order valence-electron chi connectivity index (χ2n) is 6.84. The van der Waals surface area contributed by atoms with Gasteiger partial charge in [0, 0.05) is 12.6 Å². The molecule has 0 aliphatic heterocycles. The third-order valence-electron chi connectivity index (χ3n) is 4.27. The van der Waals surface area contributed by atoms with E-state index in [0.717, 1.165) is 36.8 Å². The molecule has 1 aromatic rings. The van der Waals surface area contributed by atoms with Crippen molar-refractivity contribution >= 4 is 10.0 Å². The van der Waals surface area contributed by atoms with E-state index in [1.54, 1.807) is 0 Å². The van der Waals surface area contributed by atoms with Gasteiger partial charge in [-0.2, -0.15) is 0 Å². The largest absolute Gasteiger partial charge is 0.326 e. The maximum atomic E-state index is 12.3. The van der Waals surface area contributed by atoms with E-state index < -0.39 is 10.0 Å². The van der Waals surface area contributed by atoms with E-state index in [1.165, 1.54) is 0 Å². The minimum atomic E-state index is -3.29. The van der Waals surface area contributed by atoms with E-state index in [-0.39, 0.29) is 11.8 Å². The van der Waals surface area contributed by atoms with Gasteiger partial charge in [0.05, 0.1) is 5.75 Å². The van der Waals surface area contributed by atoms with Crippen LogP contribution in [-0.2, 0) is 22.3 Å². The summed E-state index contributed by atoms with van der Waals surface area (Å²) in [6.45, 7) is 4.92. The molecule has 0 spiro atoms. The van der Waals surface area contributed by atoms with Crippen molar-refractivity contribution in [1.29, 1.82) is 0 Å². The summed E-state index contributed by atoms with van der Waals surface area (Å²) < 4.78 is 27.4. The van der Waals surface area contributed by atoms with E-state index in [1.807, 2.05) is 24.3 Å². The number of nitrogens with one attached hydrogen (secondary N) is 1. The Morgan fingerprint density at radius 1 is 1.24 bits per heavy atom. The Balaban J connectivity index is 1.96. The predicted octanol–water partition coefficient (Wildman–Crippen LogP) is 2.53. The second-order valence-corrected chi connectivity index (χ2v) is 8.59. The molecule has 1 saturated carbocycles. The standard InChI is InChI=1S/C16H26N2O2S/c1-16(2)8-6-15(7-9-16)18-21(19,20)12-14-5-3-4-13(10-14)11-17/h3-5,10,15,18H,6-9,11-12,17H2,1-2H3. The van der Waals surface area contributed by atoms with E-state index >= 15 is 0 Å². The van der Waals surface area contributed by atoms with Crippen LogP contribution in [0.2, 0.25) is 0 Å². The molecule has 5 heteroatoms. The molecule has 0 aromatic heterocycles. The fourth-order valence-corrected chi connectivity index (χ4v) is 4.32. The molecule has 0 saturated heterocycles. The molecule has 1 fully saturated rings. The quantitative estimate of drug-likeness (QED) is 0.878. The Morgan fingerprint density at radius 3 is 2.48 bits per heavy atom. The molecule has 2 rings (SSSR count). The molecule has 0 amide bonds. The molecule has 0 unspecified atom stereocenters. The lowest BCUT2D eigenvalue weighted by atomic mass is 9.76. The van der Waals surface area contributed by atoms with Crippen LogP contribution in [0.4, 0.5) is 0 Å². The highest BCUT2D eigenvalue weighted by Gasteiger charge is 2.29. The van der Waals surface area contributed by atoms with Gasteiger partial charge >= 0.3 is 0 Å². The molecule has 3 N–H and O–H groups in total. The number of benzene rings is 1. The van der Waals surface area contributed by atoms with Gasteiger partial charge in [0.15, 0.2) is 0 Å². The highest BCUT2D eigenvalue weighted by atomic mass is 32.2. The lowest BCUT2D eigenvalue weighted by Crippen LogP contribution is -2.39. The first kappa shape index (κ1) is 16.5. The van der Waals surface area contributed by atoms with Crippen LogP contribution in [0.3, 0.4) is 0 Å². The SMILES string of the molecule is CC1(C)CCC(NS(=O)(=O)Cc2cccc(CN)c2)CC1. The van der Waals surface area contributed by atoms with Gasteiger partial charge < -0.3 is 5.73 Å².